The summed E-state index contributed by atoms with van der Waals surface area (Å²) < 4.78 is 27.5. The number of rotatable bonds is 6. The number of carboxylic acid groups (broad SMARTS) is 2. The molecule has 1 fully saturated rings. The van der Waals surface area contributed by atoms with Crippen molar-refractivity contribution in [2.24, 2.45) is 0 Å². The maximum Gasteiger partial charge on any atom is 0.413 e. The quantitative estimate of drug-likeness (QED) is 0.231. The Hall–Kier alpha value is -5.21. The summed E-state index contributed by atoms with van der Waals surface area (Å²) in [4.78, 5) is 62.9. The van der Waals surface area contributed by atoms with Crippen LogP contribution in [-0.2, 0) is 27.7 Å². The van der Waals surface area contributed by atoms with E-state index in [-0.39, 0.29) is 42.0 Å². The second kappa shape index (κ2) is 13.7. The molecule has 14 nitrogen and oxygen atoms in total. The van der Waals surface area contributed by atoms with Gasteiger partial charge < -0.3 is 24.6 Å². The summed E-state index contributed by atoms with van der Waals surface area (Å²) in [5.41, 5.74) is 0.338. The number of carbonyl (C=O) groups excluding carboxylic acids is 2. The predicted molar refractivity (Wildman–Crippen MR) is 193 cm³/mol. The van der Waals surface area contributed by atoms with Gasteiger partial charge in [0.1, 0.15) is 17.0 Å². The van der Waals surface area contributed by atoms with E-state index in [1.165, 1.54) is 22.1 Å². The summed E-state index contributed by atoms with van der Waals surface area (Å²) in [5.74, 6) is -0.670. The van der Waals surface area contributed by atoms with Crippen LogP contribution in [0, 0.1) is 12.7 Å². The lowest BCUT2D eigenvalue weighted by atomic mass is 9.76. The molecule has 2 aliphatic rings. The predicted octanol–water partition coefficient (Wildman–Crippen LogP) is 7.48. The van der Waals surface area contributed by atoms with Gasteiger partial charge in [0, 0.05) is 37.4 Å². The largest absolute Gasteiger partial charge is 0.465 e. The van der Waals surface area contributed by atoms with E-state index in [1.807, 2.05) is 20.8 Å². The lowest BCUT2D eigenvalue weighted by Gasteiger charge is -2.43. The average molecular weight is 723 g/mol. The molecule has 5 rings (SSSR count). The summed E-state index contributed by atoms with van der Waals surface area (Å²) >= 11 is 0. The highest BCUT2D eigenvalue weighted by Crippen LogP contribution is 2.40. The number of nitrogens with zero attached hydrogens (tertiary/aromatic N) is 5. The van der Waals surface area contributed by atoms with Crippen molar-refractivity contribution in [2.45, 2.75) is 104 Å². The number of fused-ring (bicyclic) bond motifs is 2. The molecule has 1 saturated heterocycles. The molecule has 0 atom stereocenters. The highest BCUT2D eigenvalue weighted by molar-refractivity contribution is 6.02. The van der Waals surface area contributed by atoms with Crippen LogP contribution in [0.3, 0.4) is 0 Å². The first-order valence-electron chi connectivity index (χ1n) is 17.2. The fraction of sp³-hybridized carbons (Fsp3) is 0.514. The molecule has 3 aromatic rings. The zero-order valence-corrected chi connectivity index (χ0v) is 31.1. The zero-order valence-electron chi connectivity index (χ0n) is 31.1. The highest BCUT2D eigenvalue weighted by Gasteiger charge is 2.41. The van der Waals surface area contributed by atoms with E-state index in [0.717, 1.165) is 16.0 Å². The number of hydrogen-bond donors (Lipinski definition) is 3. The Balaban J connectivity index is 1.55. The van der Waals surface area contributed by atoms with Crippen LogP contribution in [0.1, 0.15) is 84.2 Å². The van der Waals surface area contributed by atoms with E-state index in [9.17, 15) is 29.4 Å². The first-order valence-corrected chi connectivity index (χ1v) is 17.2. The minimum Gasteiger partial charge on any atom is -0.465 e. The monoisotopic (exact) mass is 722 g/mol. The SMILES string of the molecule is Cc1c(C(C)(C)Cc2cc3cc(N(C(=O)O)C4CN(C(=O)OC(C)(C)C)C4)ncc3c(NC(=O)OC(C)(C)C)c2F)cnc2c1N(C(=O)O)CCC2. The van der Waals surface area contributed by atoms with Gasteiger partial charge in [-0.2, -0.15) is 0 Å². The number of pyridine rings is 2. The summed E-state index contributed by atoms with van der Waals surface area (Å²) in [6.07, 6.45) is 0.604. The van der Waals surface area contributed by atoms with E-state index in [1.54, 1.807) is 53.8 Å². The van der Waals surface area contributed by atoms with Crippen molar-refractivity contribution in [1.29, 1.82) is 0 Å². The van der Waals surface area contributed by atoms with E-state index >= 15 is 4.39 Å². The Morgan fingerprint density at radius 3 is 2.23 bits per heavy atom. The molecule has 4 amide bonds. The average Bonchev–Trinajstić information content (AvgIpc) is 2.98. The molecular weight excluding hydrogens is 675 g/mol. The van der Waals surface area contributed by atoms with Crippen LogP contribution in [0.15, 0.2) is 24.5 Å². The minimum absolute atomic E-state index is 0.0531. The lowest BCUT2D eigenvalue weighted by molar-refractivity contribution is 0.00807. The standard InChI is InChI=1S/C37H47FN6O8/c1-20-25(17-39-26-11-10-12-43(30(20)26)32(46)47)37(8,9)15-22-13-21-14-27(40-16-24(21)29(28(22)38)41-31(45)51-35(2,3)4)44(33(48)49)23-18-42(19-23)34(50)52-36(5,6)7/h13-14,16-17,23H,10-12,15,18-19H2,1-9H3,(H,41,45)(H,46,47)(H,48,49). The molecule has 0 aliphatic carbocycles. The molecule has 280 valence electrons. The third kappa shape index (κ3) is 7.97. The number of amides is 4. The topological polar surface area (TPSA) is 175 Å². The molecule has 0 unspecified atom stereocenters. The van der Waals surface area contributed by atoms with Crippen molar-refractivity contribution in [3.05, 3.63) is 52.7 Å². The number of nitrogens with one attached hydrogen (secondary N) is 1. The van der Waals surface area contributed by atoms with Crippen molar-refractivity contribution < 1.29 is 43.3 Å². The lowest BCUT2D eigenvalue weighted by Crippen LogP contribution is -2.63. The fourth-order valence-electron chi connectivity index (χ4n) is 6.79. The molecule has 0 spiro atoms. The van der Waals surface area contributed by atoms with E-state index in [4.69, 9.17) is 9.47 Å². The number of hydrogen-bond acceptors (Lipinski definition) is 8. The van der Waals surface area contributed by atoms with Gasteiger partial charge in [-0.1, -0.05) is 13.8 Å². The van der Waals surface area contributed by atoms with Crippen molar-refractivity contribution in [3.8, 4) is 0 Å². The molecule has 2 aliphatic heterocycles. The van der Waals surface area contributed by atoms with Gasteiger partial charge >= 0.3 is 24.4 Å². The van der Waals surface area contributed by atoms with Crippen LogP contribution in [0.25, 0.3) is 10.8 Å². The summed E-state index contributed by atoms with van der Waals surface area (Å²) in [7, 11) is 0. The van der Waals surface area contributed by atoms with Gasteiger partial charge in [0.15, 0.2) is 5.82 Å². The van der Waals surface area contributed by atoms with Crippen LogP contribution in [0.5, 0.6) is 0 Å². The summed E-state index contributed by atoms with van der Waals surface area (Å²) in [6, 6.07) is 2.49. The first-order chi connectivity index (χ1) is 24.1. The van der Waals surface area contributed by atoms with Crippen LogP contribution < -0.4 is 15.1 Å². The summed E-state index contributed by atoms with van der Waals surface area (Å²) in [5, 5.41) is 23.3. The van der Waals surface area contributed by atoms with Crippen molar-refractivity contribution >= 4 is 52.3 Å². The van der Waals surface area contributed by atoms with Crippen LogP contribution in [0.4, 0.5) is 40.8 Å². The second-order valence-corrected chi connectivity index (χ2v) is 16.0. The number of carbonyl (C=O) groups is 4. The van der Waals surface area contributed by atoms with Gasteiger partial charge in [-0.15, -0.1) is 0 Å². The number of likely N-dealkylation sites (tertiary alicyclic amines) is 1. The van der Waals surface area contributed by atoms with Gasteiger partial charge in [0.2, 0.25) is 0 Å². The molecule has 4 heterocycles. The van der Waals surface area contributed by atoms with Gasteiger partial charge in [0.05, 0.1) is 23.1 Å². The normalized spacial score (nSPS) is 15.1. The molecule has 15 heteroatoms. The van der Waals surface area contributed by atoms with Gasteiger partial charge in [-0.3, -0.25) is 20.1 Å². The third-order valence-electron chi connectivity index (χ3n) is 9.02. The number of benzene rings is 1. The maximum absolute atomic E-state index is 16.6. The third-order valence-corrected chi connectivity index (χ3v) is 9.02. The number of aryl methyl sites for hydroxylation is 1. The van der Waals surface area contributed by atoms with Crippen LogP contribution >= 0.6 is 0 Å². The van der Waals surface area contributed by atoms with Crippen molar-refractivity contribution in [1.82, 2.24) is 14.9 Å². The van der Waals surface area contributed by atoms with Crippen molar-refractivity contribution in [2.75, 3.05) is 34.8 Å². The smallest absolute Gasteiger partial charge is 0.413 e. The van der Waals surface area contributed by atoms with E-state index in [2.05, 4.69) is 15.3 Å². The summed E-state index contributed by atoms with van der Waals surface area (Å²) in [6.45, 7) is 16.4. The molecule has 0 saturated carbocycles. The van der Waals surface area contributed by atoms with E-state index in [0.29, 0.717) is 36.2 Å². The Bertz CT molecular complexity index is 1930. The van der Waals surface area contributed by atoms with Crippen molar-refractivity contribution in [3.63, 3.8) is 0 Å². The Labute approximate surface area is 301 Å². The van der Waals surface area contributed by atoms with E-state index < -0.39 is 52.8 Å². The number of halogens is 1. The van der Waals surface area contributed by atoms with Crippen LogP contribution in [0.2, 0.25) is 0 Å². The molecule has 52 heavy (non-hydrogen) atoms. The number of anilines is 3. The van der Waals surface area contributed by atoms with Gasteiger partial charge in [0.25, 0.3) is 0 Å². The maximum atomic E-state index is 16.6. The molecule has 0 bridgehead atoms. The molecule has 2 aromatic heterocycles. The Kier molecular flexibility index (Phi) is 10.0. The second-order valence-electron chi connectivity index (χ2n) is 16.0. The minimum atomic E-state index is -1.29. The number of aromatic nitrogens is 2. The van der Waals surface area contributed by atoms with Gasteiger partial charge in [-0.25, -0.2) is 28.6 Å². The van der Waals surface area contributed by atoms with Gasteiger partial charge in [-0.05, 0) is 107 Å². The Morgan fingerprint density at radius 2 is 1.63 bits per heavy atom. The first kappa shape index (κ1) is 38.0. The molecule has 0 radical (unpaired) electrons. The van der Waals surface area contributed by atoms with Crippen LogP contribution in [-0.4, -0.2) is 86.3 Å². The Morgan fingerprint density at radius 1 is 0.981 bits per heavy atom. The fourth-order valence-corrected chi connectivity index (χ4v) is 6.79. The molecular formula is C37H47FN6O8. The molecule has 1 aromatic carbocycles. The highest BCUT2D eigenvalue weighted by atomic mass is 19.1. The molecule has 3 N–H and O–H groups in total. The zero-order chi connectivity index (χ0) is 38.5. The number of ether oxygens (including phenoxy) is 2.